The molecule has 0 unspecified atom stereocenters. The number of hydrogen-bond donors (Lipinski definition) is 3. The Bertz CT molecular complexity index is 28.9. The van der Waals surface area contributed by atoms with Gasteiger partial charge in [-0.1, -0.05) is 13.8 Å². The predicted octanol–water partition coefficient (Wildman–Crippen LogP) is 1.04. The van der Waals surface area contributed by atoms with Crippen molar-refractivity contribution in [2.24, 2.45) is 5.92 Å². The van der Waals surface area contributed by atoms with Crippen molar-refractivity contribution >= 4 is 0 Å². The first-order valence-electron chi connectivity index (χ1n) is 2.58. The second-order valence-electron chi connectivity index (χ2n) is 1.91. The molecule has 0 saturated heterocycles. The highest BCUT2D eigenvalue weighted by atomic mass is 17.0. The largest absolute Gasteiger partial charge is 0.396 e. The molecule has 0 amide bonds. The smallest absolute Gasteiger partial charge is 0.0433 e. The van der Waals surface area contributed by atoms with Gasteiger partial charge in [-0.15, -0.1) is 0 Å². The summed E-state index contributed by atoms with van der Waals surface area (Å²) in [6, 6.07) is 0. The Morgan fingerprint density at radius 2 is 1.62 bits per heavy atom. The summed E-state index contributed by atoms with van der Waals surface area (Å²) in [7, 11) is 0. The van der Waals surface area contributed by atoms with Crippen LogP contribution in [0.1, 0.15) is 20.3 Å². The molecule has 0 aromatic heterocycles. The topological polar surface area (TPSA) is 60.7 Å². The molecule has 3 nitrogen and oxygen atoms in total. The lowest BCUT2D eigenvalue weighted by Gasteiger charge is -1.95. The van der Waals surface area contributed by atoms with Gasteiger partial charge >= 0.3 is 0 Å². The zero-order valence-electron chi connectivity index (χ0n) is 5.33. The van der Waals surface area contributed by atoms with Crippen molar-refractivity contribution in [2.45, 2.75) is 20.3 Å². The van der Waals surface area contributed by atoms with E-state index in [9.17, 15) is 0 Å². The van der Waals surface area contributed by atoms with Crippen molar-refractivity contribution in [1.29, 1.82) is 0 Å². The summed E-state index contributed by atoms with van der Waals surface area (Å²) in [5, 5.41) is 20.2. The Morgan fingerprint density at radius 1 is 1.25 bits per heavy atom. The summed E-state index contributed by atoms with van der Waals surface area (Å²) in [5.74, 6) is 0.648. The molecule has 0 radical (unpaired) electrons. The Kier molecular flexibility index (Phi) is 13.5. The van der Waals surface area contributed by atoms with Gasteiger partial charge in [-0.25, -0.2) is 0 Å². The van der Waals surface area contributed by atoms with Crippen LogP contribution < -0.4 is 0 Å². The van der Waals surface area contributed by atoms with Crippen molar-refractivity contribution in [3.05, 3.63) is 0 Å². The van der Waals surface area contributed by atoms with E-state index >= 15 is 0 Å². The maximum absolute atomic E-state index is 8.24. The summed E-state index contributed by atoms with van der Waals surface area (Å²) < 4.78 is 0. The van der Waals surface area contributed by atoms with Gasteiger partial charge < -0.3 is 5.11 Å². The van der Waals surface area contributed by atoms with Gasteiger partial charge in [-0.05, 0) is 12.3 Å². The SMILES string of the molecule is CC(C)CCO.OO. The van der Waals surface area contributed by atoms with Crippen LogP contribution in [0.25, 0.3) is 0 Å². The van der Waals surface area contributed by atoms with E-state index in [1.54, 1.807) is 0 Å². The monoisotopic (exact) mass is 122 g/mol. The van der Waals surface area contributed by atoms with E-state index in [0.29, 0.717) is 12.5 Å². The summed E-state index contributed by atoms with van der Waals surface area (Å²) in [5.41, 5.74) is 0. The summed E-state index contributed by atoms with van der Waals surface area (Å²) in [4.78, 5) is 0. The molecule has 0 rings (SSSR count). The van der Waals surface area contributed by atoms with E-state index < -0.39 is 0 Å². The van der Waals surface area contributed by atoms with E-state index in [4.69, 9.17) is 15.6 Å². The number of aliphatic hydroxyl groups is 1. The average molecular weight is 122 g/mol. The highest BCUT2D eigenvalue weighted by Gasteiger charge is 1.86. The Balaban J connectivity index is 0. The lowest BCUT2D eigenvalue weighted by Crippen LogP contribution is -1.89. The first-order valence-corrected chi connectivity index (χ1v) is 2.58. The third-order valence-electron chi connectivity index (χ3n) is 0.706. The zero-order chi connectivity index (χ0) is 6.99. The van der Waals surface area contributed by atoms with Crippen LogP contribution in [0.3, 0.4) is 0 Å². The van der Waals surface area contributed by atoms with Gasteiger partial charge in [0.1, 0.15) is 0 Å². The fourth-order valence-corrected chi connectivity index (χ4v) is 0.258. The second kappa shape index (κ2) is 9.99. The molecule has 0 aliphatic heterocycles. The van der Waals surface area contributed by atoms with Crippen molar-refractivity contribution in [2.75, 3.05) is 6.61 Å². The van der Waals surface area contributed by atoms with Gasteiger partial charge in [-0.2, -0.15) is 0 Å². The molecule has 0 atom stereocenters. The van der Waals surface area contributed by atoms with Crippen LogP contribution in [-0.2, 0) is 0 Å². The van der Waals surface area contributed by atoms with Crippen LogP contribution >= 0.6 is 0 Å². The molecule has 0 fully saturated rings. The summed E-state index contributed by atoms with van der Waals surface area (Å²) >= 11 is 0. The summed E-state index contributed by atoms with van der Waals surface area (Å²) in [6.07, 6.45) is 0.931. The number of aliphatic hydroxyl groups excluding tert-OH is 1. The van der Waals surface area contributed by atoms with Crippen LogP contribution in [0.4, 0.5) is 0 Å². The minimum atomic E-state index is 0.331. The molecule has 0 aromatic rings. The molecular weight excluding hydrogens is 108 g/mol. The van der Waals surface area contributed by atoms with Gasteiger partial charge in [0.05, 0.1) is 0 Å². The molecular formula is C5H14O3. The van der Waals surface area contributed by atoms with Crippen molar-refractivity contribution in [3.63, 3.8) is 0 Å². The van der Waals surface area contributed by atoms with Crippen LogP contribution in [0.2, 0.25) is 0 Å². The maximum Gasteiger partial charge on any atom is 0.0433 e. The molecule has 0 aliphatic rings. The van der Waals surface area contributed by atoms with Crippen LogP contribution in [0.15, 0.2) is 0 Å². The normalized spacial score (nSPS) is 8.25. The molecule has 0 heterocycles. The minimum absolute atomic E-state index is 0.331. The van der Waals surface area contributed by atoms with E-state index in [2.05, 4.69) is 13.8 Å². The van der Waals surface area contributed by atoms with Crippen LogP contribution in [0.5, 0.6) is 0 Å². The van der Waals surface area contributed by atoms with Crippen LogP contribution in [0, 0.1) is 5.92 Å². The number of rotatable bonds is 2. The molecule has 8 heavy (non-hydrogen) atoms. The Hall–Kier alpha value is -0.120. The van der Waals surface area contributed by atoms with Gasteiger partial charge in [0.15, 0.2) is 0 Å². The van der Waals surface area contributed by atoms with Gasteiger partial charge in [0.2, 0.25) is 0 Å². The highest BCUT2D eigenvalue weighted by Crippen LogP contribution is 1.94. The molecule has 3 heteroatoms. The fourth-order valence-electron chi connectivity index (χ4n) is 0.258. The fraction of sp³-hybridized carbons (Fsp3) is 1.00. The summed E-state index contributed by atoms with van der Waals surface area (Å²) in [6.45, 7) is 4.52. The number of hydrogen-bond acceptors (Lipinski definition) is 3. The minimum Gasteiger partial charge on any atom is -0.396 e. The maximum atomic E-state index is 8.24. The molecule has 0 bridgehead atoms. The lowest BCUT2D eigenvalue weighted by atomic mass is 10.2. The Labute approximate surface area is 49.5 Å². The quantitative estimate of drug-likeness (QED) is 0.379. The highest BCUT2D eigenvalue weighted by molar-refractivity contribution is 4.38. The predicted molar refractivity (Wildman–Crippen MR) is 31.8 cm³/mol. The van der Waals surface area contributed by atoms with Crippen molar-refractivity contribution < 1.29 is 15.6 Å². The standard InChI is InChI=1S/C5H12O.H2O2/c1-5(2)3-4-6;1-2/h5-6H,3-4H2,1-2H3;1-2H. The van der Waals surface area contributed by atoms with Gasteiger partial charge in [-0.3, -0.25) is 10.5 Å². The van der Waals surface area contributed by atoms with E-state index in [0.717, 1.165) is 6.42 Å². The van der Waals surface area contributed by atoms with Crippen molar-refractivity contribution in [1.82, 2.24) is 0 Å². The average Bonchev–Trinajstić information content (AvgIpc) is 1.72. The van der Waals surface area contributed by atoms with E-state index in [-0.39, 0.29) is 0 Å². The second-order valence-corrected chi connectivity index (χ2v) is 1.91. The van der Waals surface area contributed by atoms with Gasteiger partial charge in [0.25, 0.3) is 0 Å². The van der Waals surface area contributed by atoms with E-state index in [1.165, 1.54) is 0 Å². The molecule has 0 aromatic carbocycles. The molecule has 0 saturated carbocycles. The molecule has 0 spiro atoms. The molecule has 3 N–H and O–H groups in total. The third-order valence-corrected chi connectivity index (χ3v) is 0.706. The van der Waals surface area contributed by atoms with Gasteiger partial charge in [0, 0.05) is 6.61 Å². The van der Waals surface area contributed by atoms with Crippen molar-refractivity contribution in [3.8, 4) is 0 Å². The molecule has 52 valence electrons. The lowest BCUT2D eigenvalue weighted by molar-refractivity contribution is -0.176. The Morgan fingerprint density at radius 3 is 1.62 bits per heavy atom. The third kappa shape index (κ3) is 16.9. The first kappa shape index (κ1) is 10.8. The van der Waals surface area contributed by atoms with E-state index in [1.807, 2.05) is 0 Å². The zero-order valence-corrected chi connectivity index (χ0v) is 5.33. The van der Waals surface area contributed by atoms with Crippen LogP contribution in [-0.4, -0.2) is 22.2 Å². The molecule has 0 aliphatic carbocycles. The first-order chi connectivity index (χ1) is 3.77.